The van der Waals surface area contributed by atoms with Gasteiger partial charge in [0.1, 0.15) is 22.5 Å². The highest BCUT2D eigenvalue weighted by Gasteiger charge is 2.26. The van der Waals surface area contributed by atoms with Crippen molar-refractivity contribution in [3.63, 3.8) is 0 Å². The van der Waals surface area contributed by atoms with Gasteiger partial charge in [0, 0.05) is 6.54 Å². The monoisotopic (exact) mass is 282 g/mol. The Morgan fingerprint density at radius 2 is 2.22 bits per heavy atom. The third-order valence-electron chi connectivity index (χ3n) is 2.47. The number of benzene rings is 1. The van der Waals surface area contributed by atoms with E-state index in [0.29, 0.717) is 11.0 Å². The van der Waals surface area contributed by atoms with Crippen molar-refractivity contribution in [1.82, 2.24) is 13.1 Å². The highest BCUT2D eigenvalue weighted by atomic mass is 32.2. The molecular weight excluding hydrogens is 272 g/mol. The van der Waals surface area contributed by atoms with Gasteiger partial charge in [0.2, 0.25) is 10.0 Å². The summed E-state index contributed by atoms with van der Waals surface area (Å²) in [5.41, 5.74) is 0.910. The first kappa shape index (κ1) is 12.9. The smallest absolute Gasteiger partial charge is 0.207 e. The lowest BCUT2D eigenvalue weighted by Gasteiger charge is -2.16. The summed E-state index contributed by atoms with van der Waals surface area (Å²) in [6.07, 6.45) is 0. The first-order chi connectivity index (χ1) is 8.61. The van der Waals surface area contributed by atoms with E-state index in [1.807, 2.05) is 6.07 Å². The fourth-order valence-corrected chi connectivity index (χ4v) is 3.67. The van der Waals surface area contributed by atoms with Gasteiger partial charge < -0.3 is 0 Å². The van der Waals surface area contributed by atoms with Crippen LogP contribution in [0.4, 0.5) is 0 Å². The molecule has 2 aromatic rings. The Morgan fingerprint density at radius 1 is 1.44 bits per heavy atom. The van der Waals surface area contributed by atoms with E-state index in [4.69, 9.17) is 5.26 Å². The zero-order valence-corrected chi connectivity index (χ0v) is 11.2. The maximum absolute atomic E-state index is 12.4. The van der Waals surface area contributed by atoms with E-state index in [1.54, 1.807) is 19.1 Å². The van der Waals surface area contributed by atoms with Crippen molar-refractivity contribution in [2.45, 2.75) is 11.8 Å². The van der Waals surface area contributed by atoms with Crippen LogP contribution in [-0.2, 0) is 10.0 Å². The van der Waals surface area contributed by atoms with Crippen molar-refractivity contribution in [1.29, 1.82) is 5.26 Å². The Bertz CT molecular complexity index is 702. The molecule has 94 valence electrons. The Kier molecular flexibility index (Phi) is 3.56. The number of nitrogens with zero attached hydrogens (tertiary/aromatic N) is 4. The molecule has 0 saturated heterocycles. The van der Waals surface area contributed by atoms with Crippen LogP contribution in [0.3, 0.4) is 0 Å². The lowest BCUT2D eigenvalue weighted by molar-refractivity contribution is 0.463. The molecule has 6 nitrogen and oxygen atoms in total. The second kappa shape index (κ2) is 4.97. The molecule has 8 heteroatoms. The standard InChI is InChI=1S/C10H10N4O2S2/c1-2-14(7-6-11)18(15,16)9-5-3-4-8-10(9)13-17-12-8/h3-5H,2,7H2,1H3. The third kappa shape index (κ3) is 2.08. The van der Waals surface area contributed by atoms with E-state index in [0.717, 1.165) is 16.0 Å². The van der Waals surface area contributed by atoms with Gasteiger partial charge in [-0.15, -0.1) is 0 Å². The van der Waals surface area contributed by atoms with Crippen molar-refractivity contribution >= 4 is 32.8 Å². The minimum atomic E-state index is -3.69. The third-order valence-corrected chi connectivity index (χ3v) is 4.96. The molecule has 1 heterocycles. The van der Waals surface area contributed by atoms with Gasteiger partial charge in [-0.05, 0) is 12.1 Å². The number of aromatic nitrogens is 2. The lowest BCUT2D eigenvalue weighted by atomic mass is 10.3. The predicted molar refractivity (Wildman–Crippen MR) is 67.5 cm³/mol. The van der Waals surface area contributed by atoms with E-state index in [2.05, 4.69) is 8.75 Å². The summed E-state index contributed by atoms with van der Waals surface area (Å²) in [5, 5.41) is 8.67. The van der Waals surface area contributed by atoms with Crippen LogP contribution in [0.15, 0.2) is 23.1 Å². The molecule has 1 aromatic heterocycles. The zero-order valence-electron chi connectivity index (χ0n) is 9.57. The second-order valence-electron chi connectivity index (χ2n) is 3.48. The lowest BCUT2D eigenvalue weighted by Crippen LogP contribution is -2.31. The van der Waals surface area contributed by atoms with Crippen LogP contribution in [0, 0.1) is 11.3 Å². The summed E-state index contributed by atoms with van der Waals surface area (Å²) in [6.45, 7) is 1.75. The van der Waals surface area contributed by atoms with Crippen LogP contribution in [0.25, 0.3) is 11.0 Å². The van der Waals surface area contributed by atoms with Crippen molar-refractivity contribution in [3.05, 3.63) is 18.2 Å². The SMILES string of the molecule is CCN(CC#N)S(=O)(=O)c1cccc2nsnc12. The summed E-state index contributed by atoms with van der Waals surface area (Å²) >= 11 is 0.968. The average molecular weight is 282 g/mol. The van der Waals surface area contributed by atoms with Crippen LogP contribution < -0.4 is 0 Å². The van der Waals surface area contributed by atoms with Gasteiger partial charge in [0.05, 0.1) is 17.8 Å². The van der Waals surface area contributed by atoms with E-state index in [-0.39, 0.29) is 18.0 Å². The summed E-state index contributed by atoms with van der Waals surface area (Å²) in [5.74, 6) is 0. The molecule has 0 atom stereocenters. The number of nitriles is 1. The van der Waals surface area contributed by atoms with E-state index in [1.165, 1.54) is 6.07 Å². The van der Waals surface area contributed by atoms with Crippen LogP contribution in [0.2, 0.25) is 0 Å². The van der Waals surface area contributed by atoms with Gasteiger partial charge in [-0.25, -0.2) is 8.42 Å². The van der Waals surface area contributed by atoms with Crippen LogP contribution in [0.5, 0.6) is 0 Å². The number of sulfonamides is 1. The molecular formula is C10H10N4O2S2. The van der Waals surface area contributed by atoms with Gasteiger partial charge in [0.15, 0.2) is 0 Å². The molecule has 0 fully saturated rings. The second-order valence-corrected chi connectivity index (χ2v) is 5.91. The topological polar surface area (TPSA) is 87.0 Å². The van der Waals surface area contributed by atoms with Crippen molar-refractivity contribution in [2.75, 3.05) is 13.1 Å². The fourth-order valence-electron chi connectivity index (χ4n) is 1.57. The molecule has 0 bridgehead atoms. The molecule has 0 spiro atoms. The van der Waals surface area contributed by atoms with Crippen LogP contribution in [0.1, 0.15) is 6.92 Å². The Hall–Kier alpha value is -1.56. The summed E-state index contributed by atoms with van der Waals surface area (Å²) in [6, 6.07) is 6.66. The van der Waals surface area contributed by atoms with Crippen LogP contribution in [-0.4, -0.2) is 34.6 Å². The van der Waals surface area contributed by atoms with E-state index < -0.39 is 10.0 Å². The molecule has 1 aromatic carbocycles. The number of rotatable bonds is 4. The van der Waals surface area contributed by atoms with E-state index >= 15 is 0 Å². The van der Waals surface area contributed by atoms with Crippen LogP contribution >= 0.6 is 11.7 Å². The molecule has 0 amide bonds. The maximum Gasteiger partial charge on any atom is 0.246 e. The summed E-state index contributed by atoms with van der Waals surface area (Å²) < 4.78 is 33.9. The van der Waals surface area contributed by atoms with Crippen molar-refractivity contribution in [2.24, 2.45) is 0 Å². The molecule has 0 unspecified atom stereocenters. The largest absolute Gasteiger partial charge is 0.246 e. The molecule has 0 aliphatic rings. The van der Waals surface area contributed by atoms with Gasteiger partial charge in [-0.2, -0.15) is 18.3 Å². The molecule has 0 aliphatic carbocycles. The highest BCUT2D eigenvalue weighted by Crippen LogP contribution is 2.23. The zero-order chi connectivity index (χ0) is 13.2. The molecule has 18 heavy (non-hydrogen) atoms. The molecule has 2 rings (SSSR count). The Balaban J connectivity index is 2.60. The number of hydrogen-bond acceptors (Lipinski definition) is 6. The maximum atomic E-state index is 12.4. The normalized spacial score (nSPS) is 11.8. The molecule has 0 N–H and O–H groups in total. The first-order valence-electron chi connectivity index (χ1n) is 5.19. The Labute approximate surface area is 109 Å². The minimum Gasteiger partial charge on any atom is -0.207 e. The molecule has 0 saturated carbocycles. The fraction of sp³-hybridized carbons (Fsp3) is 0.300. The highest BCUT2D eigenvalue weighted by molar-refractivity contribution is 7.89. The summed E-state index contributed by atoms with van der Waals surface area (Å²) in [7, 11) is -3.69. The van der Waals surface area contributed by atoms with Gasteiger partial charge >= 0.3 is 0 Å². The summed E-state index contributed by atoms with van der Waals surface area (Å²) in [4.78, 5) is 0.103. The van der Waals surface area contributed by atoms with Gasteiger partial charge in [0.25, 0.3) is 0 Å². The van der Waals surface area contributed by atoms with Crippen molar-refractivity contribution in [3.8, 4) is 6.07 Å². The van der Waals surface area contributed by atoms with Gasteiger partial charge in [-0.1, -0.05) is 13.0 Å². The number of fused-ring (bicyclic) bond motifs is 1. The van der Waals surface area contributed by atoms with Gasteiger partial charge in [-0.3, -0.25) is 0 Å². The quantitative estimate of drug-likeness (QED) is 0.787. The molecule has 0 aliphatic heterocycles. The van der Waals surface area contributed by atoms with Crippen molar-refractivity contribution < 1.29 is 8.42 Å². The average Bonchev–Trinajstić information content (AvgIpc) is 2.83. The Morgan fingerprint density at radius 3 is 2.89 bits per heavy atom. The number of hydrogen-bond donors (Lipinski definition) is 0. The molecule has 0 radical (unpaired) electrons. The van der Waals surface area contributed by atoms with E-state index in [9.17, 15) is 8.42 Å². The predicted octanol–water partition coefficient (Wildman–Crippen LogP) is 1.23. The minimum absolute atomic E-state index is 0.103. The first-order valence-corrected chi connectivity index (χ1v) is 7.36.